The highest BCUT2D eigenvalue weighted by molar-refractivity contribution is 5.96. The van der Waals surface area contributed by atoms with Crippen LogP contribution in [0.2, 0.25) is 0 Å². The Morgan fingerprint density at radius 2 is 2.14 bits per heavy atom. The Kier molecular flexibility index (Phi) is 4.88. The summed E-state index contributed by atoms with van der Waals surface area (Å²) in [6.45, 7) is 4.87. The van der Waals surface area contributed by atoms with E-state index in [1.165, 1.54) is 0 Å². The maximum Gasteiger partial charge on any atom is 0.325 e. The van der Waals surface area contributed by atoms with Gasteiger partial charge in [-0.2, -0.15) is 0 Å². The molecular formula is C15H23N3O3. The van der Waals surface area contributed by atoms with Gasteiger partial charge in [-0.3, -0.25) is 9.59 Å². The van der Waals surface area contributed by atoms with Crippen LogP contribution in [0.4, 0.5) is 5.69 Å². The maximum atomic E-state index is 12.7. The molecule has 0 aliphatic heterocycles. The molecule has 2 rings (SSSR count). The Labute approximate surface area is 124 Å². The van der Waals surface area contributed by atoms with Gasteiger partial charge >= 0.3 is 5.97 Å². The summed E-state index contributed by atoms with van der Waals surface area (Å²) >= 11 is 0. The largest absolute Gasteiger partial charge is 0.465 e. The number of aryl methyl sites for hydroxylation is 1. The molecule has 1 aliphatic rings. The van der Waals surface area contributed by atoms with Crippen molar-refractivity contribution in [3.05, 3.63) is 18.0 Å². The van der Waals surface area contributed by atoms with Crippen LogP contribution in [0.15, 0.2) is 12.3 Å². The third-order valence-corrected chi connectivity index (χ3v) is 3.45. The van der Waals surface area contributed by atoms with Gasteiger partial charge in [-0.05, 0) is 32.3 Å². The molecular weight excluding hydrogens is 270 g/mol. The Hall–Kier alpha value is -1.98. The van der Waals surface area contributed by atoms with Crippen LogP contribution in [0.3, 0.4) is 0 Å². The number of nitrogen functional groups attached to an aromatic ring is 1. The minimum Gasteiger partial charge on any atom is -0.465 e. The lowest BCUT2D eigenvalue weighted by molar-refractivity contribution is -0.144. The Morgan fingerprint density at radius 1 is 1.43 bits per heavy atom. The molecule has 21 heavy (non-hydrogen) atoms. The number of anilines is 1. The Bertz CT molecular complexity index is 520. The van der Waals surface area contributed by atoms with E-state index in [4.69, 9.17) is 10.5 Å². The molecule has 1 saturated carbocycles. The molecule has 0 unspecified atom stereocenters. The van der Waals surface area contributed by atoms with Gasteiger partial charge in [-0.1, -0.05) is 6.92 Å². The quantitative estimate of drug-likeness (QED) is 0.775. The van der Waals surface area contributed by atoms with Gasteiger partial charge in [0.2, 0.25) is 0 Å². The second-order valence-electron chi connectivity index (χ2n) is 5.32. The summed E-state index contributed by atoms with van der Waals surface area (Å²) < 4.78 is 6.81. The summed E-state index contributed by atoms with van der Waals surface area (Å²) in [5.74, 6) is -0.505. The molecule has 1 amide bonds. The van der Waals surface area contributed by atoms with E-state index in [2.05, 4.69) is 0 Å². The number of nitrogens with zero attached hydrogens (tertiary/aromatic N) is 2. The number of esters is 1. The summed E-state index contributed by atoms with van der Waals surface area (Å²) in [5, 5.41) is 0. The van der Waals surface area contributed by atoms with Gasteiger partial charge in [-0.15, -0.1) is 0 Å². The molecule has 0 aromatic carbocycles. The first-order valence-electron chi connectivity index (χ1n) is 7.49. The number of ether oxygens (including phenoxy) is 1. The van der Waals surface area contributed by atoms with Crippen molar-refractivity contribution in [1.82, 2.24) is 9.47 Å². The normalized spacial score (nSPS) is 14.0. The van der Waals surface area contributed by atoms with Gasteiger partial charge in [-0.25, -0.2) is 0 Å². The average molecular weight is 293 g/mol. The summed E-state index contributed by atoms with van der Waals surface area (Å²) in [5.41, 5.74) is 6.92. The smallest absolute Gasteiger partial charge is 0.325 e. The van der Waals surface area contributed by atoms with Gasteiger partial charge in [0.15, 0.2) is 0 Å². The number of nitrogens with two attached hydrogens (primary N) is 1. The zero-order valence-electron chi connectivity index (χ0n) is 12.7. The molecule has 1 heterocycles. The summed E-state index contributed by atoms with van der Waals surface area (Å²) in [6, 6.07) is 1.83. The van der Waals surface area contributed by atoms with E-state index in [-0.39, 0.29) is 24.5 Å². The molecule has 0 radical (unpaired) electrons. The standard InChI is InChI=1S/C15H23N3O3/c1-3-7-17-9-11(16)8-13(17)15(20)18(12-5-6-12)10-14(19)21-4-2/h8-9,12H,3-7,10,16H2,1-2H3. The molecule has 0 spiro atoms. The fourth-order valence-electron chi connectivity index (χ4n) is 2.38. The third-order valence-electron chi connectivity index (χ3n) is 3.45. The molecule has 6 heteroatoms. The minimum atomic E-state index is -0.362. The molecule has 1 aromatic heterocycles. The zero-order valence-corrected chi connectivity index (χ0v) is 12.7. The van der Waals surface area contributed by atoms with Gasteiger partial charge < -0.3 is 19.9 Å². The zero-order chi connectivity index (χ0) is 15.4. The van der Waals surface area contributed by atoms with Crippen molar-refractivity contribution >= 4 is 17.6 Å². The van der Waals surface area contributed by atoms with Gasteiger partial charge in [0.25, 0.3) is 5.91 Å². The molecule has 6 nitrogen and oxygen atoms in total. The van der Waals surface area contributed by atoms with E-state index in [0.717, 1.165) is 25.8 Å². The fourth-order valence-corrected chi connectivity index (χ4v) is 2.38. The lowest BCUT2D eigenvalue weighted by atomic mass is 10.3. The third kappa shape index (κ3) is 3.77. The molecule has 1 aromatic rings. The number of carbonyl (C=O) groups excluding carboxylic acids is 2. The van der Waals surface area contributed by atoms with E-state index in [0.29, 0.717) is 18.0 Å². The molecule has 2 N–H and O–H groups in total. The fraction of sp³-hybridized carbons (Fsp3) is 0.600. The number of amides is 1. The molecule has 1 fully saturated rings. The number of carbonyl (C=O) groups is 2. The van der Waals surface area contributed by atoms with Crippen molar-refractivity contribution in [3.8, 4) is 0 Å². The average Bonchev–Trinajstić information content (AvgIpc) is 3.20. The van der Waals surface area contributed by atoms with E-state index in [1.54, 1.807) is 24.1 Å². The highest BCUT2D eigenvalue weighted by Crippen LogP contribution is 2.28. The highest BCUT2D eigenvalue weighted by Gasteiger charge is 2.35. The van der Waals surface area contributed by atoms with Gasteiger partial charge in [0, 0.05) is 18.8 Å². The Morgan fingerprint density at radius 3 is 2.71 bits per heavy atom. The van der Waals surface area contributed by atoms with Crippen LogP contribution in [-0.2, 0) is 16.1 Å². The molecule has 0 saturated heterocycles. The van der Waals surface area contributed by atoms with E-state index in [1.807, 2.05) is 11.5 Å². The maximum absolute atomic E-state index is 12.7. The minimum absolute atomic E-state index is 0.00848. The van der Waals surface area contributed by atoms with Crippen LogP contribution in [-0.4, -0.2) is 40.5 Å². The summed E-state index contributed by atoms with van der Waals surface area (Å²) in [4.78, 5) is 26.0. The number of rotatable bonds is 7. The number of aromatic nitrogens is 1. The second kappa shape index (κ2) is 6.65. The van der Waals surface area contributed by atoms with Crippen molar-refractivity contribution in [3.63, 3.8) is 0 Å². The van der Waals surface area contributed by atoms with Crippen molar-refractivity contribution in [2.45, 2.75) is 45.7 Å². The summed E-state index contributed by atoms with van der Waals surface area (Å²) in [6.07, 6.45) is 4.56. The van der Waals surface area contributed by atoms with Crippen LogP contribution in [0.1, 0.15) is 43.6 Å². The molecule has 0 bridgehead atoms. The van der Waals surface area contributed by atoms with E-state index in [9.17, 15) is 9.59 Å². The monoisotopic (exact) mass is 293 g/mol. The van der Waals surface area contributed by atoms with Crippen LogP contribution in [0.5, 0.6) is 0 Å². The first kappa shape index (κ1) is 15.4. The first-order valence-corrected chi connectivity index (χ1v) is 7.49. The predicted octanol–water partition coefficient (Wildman–Crippen LogP) is 1.65. The highest BCUT2D eigenvalue weighted by atomic mass is 16.5. The van der Waals surface area contributed by atoms with Crippen LogP contribution in [0, 0.1) is 0 Å². The summed E-state index contributed by atoms with van der Waals surface area (Å²) in [7, 11) is 0. The first-order chi connectivity index (χ1) is 10.1. The number of hydrogen-bond acceptors (Lipinski definition) is 4. The van der Waals surface area contributed by atoms with Crippen LogP contribution in [0.25, 0.3) is 0 Å². The lowest BCUT2D eigenvalue weighted by Crippen LogP contribution is -2.39. The topological polar surface area (TPSA) is 77.6 Å². The van der Waals surface area contributed by atoms with E-state index >= 15 is 0 Å². The van der Waals surface area contributed by atoms with Crippen molar-refractivity contribution < 1.29 is 14.3 Å². The van der Waals surface area contributed by atoms with Crippen molar-refractivity contribution in [1.29, 1.82) is 0 Å². The van der Waals surface area contributed by atoms with Crippen LogP contribution >= 0.6 is 0 Å². The Balaban J connectivity index is 2.16. The van der Waals surface area contributed by atoms with Crippen molar-refractivity contribution in [2.75, 3.05) is 18.9 Å². The van der Waals surface area contributed by atoms with Crippen LogP contribution < -0.4 is 5.73 Å². The lowest BCUT2D eigenvalue weighted by Gasteiger charge is -2.22. The molecule has 1 aliphatic carbocycles. The molecule has 116 valence electrons. The second-order valence-corrected chi connectivity index (χ2v) is 5.32. The van der Waals surface area contributed by atoms with Crippen molar-refractivity contribution in [2.24, 2.45) is 0 Å². The van der Waals surface area contributed by atoms with Gasteiger partial charge in [0.05, 0.1) is 12.3 Å². The predicted molar refractivity (Wildman–Crippen MR) is 79.8 cm³/mol. The molecule has 0 atom stereocenters. The SMILES string of the molecule is CCCn1cc(N)cc1C(=O)N(CC(=O)OCC)C1CC1. The van der Waals surface area contributed by atoms with Gasteiger partial charge in [0.1, 0.15) is 12.2 Å². The van der Waals surface area contributed by atoms with E-state index < -0.39 is 0 Å². The number of hydrogen-bond donors (Lipinski definition) is 1.